The highest BCUT2D eigenvalue weighted by atomic mass is 32.1. The summed E-state index contributed by atoms with van der Waals surface area (Å²) in [6, 6.07) is 4.82. The summed E-state index contributed by atoms with van der Waals surface area (Å²) >= 11 is 1.87. The minimum atomic E-state index is -0.263. The molecule has 0 spiro atoms. The number of amides is 1. The van der Waals surface area contributed by atoms with E-state index in [0.717, 1.165) is 39.0 Å². The Bertz CT molecular complexity index is 599. The SMILES string of the molecule is Cc1ccc(CN2CC[C@@H]3O[C@@H](C(=O)NCCN4CCCC4)C[C@@H]32)s1. The van der Waals surface area contributed by atoms with Crippen molar-refractivity contribution < 1.29 is 9.53 Å². The van der Waals surface area contributed by atoms with Crippen molar-refractivity contribution >= 4 is 17.2 Å². The predicted molar refractivity (Wildman–Crippen MR) is 99.8 cm³/mol. The number of hydrogen-bond acceptors (Lipinski definition) is 5. The second-order valence-corrected chi connectivity index (χ2v) is 8.95. The van der Waals surface area contributed by atoms with Crippen LogP contribution in [-0.4, -0.2) is 66.7 Å². The van der Waals surface area contributed by atoms with Gasteiger partial charge in [-0.3, -0.25) is 9.69 Å². The second kappa shape index (κ2) is 7.74. The van der Waals surface area contributed by atoms with E-state index in [1.165, 1.54) is 35.7 Å². The number of carbonyl (C=O) groups excluding carboxylic acids is 1. The van der Waals surface area contributed by atoms with Crippen LogP contribution in [0.2, 0.25) is 0 Å². The van der Waals surface area contributed by atoms with Gasteiger partial charge in [0.15, 0.2) is 0 Å². The van der Waals surface area contributed by atoms with Crippen LogP contribution in [-0.2, 0) is 16.1 Å². The molecule has 3 aliphatic heterocycles. The summed E-state index contributed by atoms with van der Waals surface area (Å²) < 4.78 is 6.08. The average Bonchev–Trinajstić information content (AvgIpc) is 3.34. The van der Waals surface area contributed by atoms with Gasteiger partial charge in [-0.1, -0.05) is 0 Å². The molecule has 0 unspecified atom stereocenters. The molecule has 25 heavy (non-hydrogen) atoms. The molecule has 138 valence electrons. The number of aryl methyl sites for hydroxylation is 1. The van der Waals surface area contributed by atoms with Crippen molar-refractivity contribution in [3.05, 3.63) is 21.9 Å². The number of carbonyl (C=O) groups is 1. The van der Waals surface area contributed by atoms with Gasteiger partial charge in [0.25, 0.3) is 0 Å². The Labute approximate surface area is 154 Å². The molecule has 5 nitrogen and oxygen atoms in total. The Morgan fingerprint density at radius 2 is 2.16 bits per heavy atom. The van der Waals surface area contributed by atoms with E-state index in [1.54, 1.807) is 0 Å². The summed E-state index contributed by atoms with van der Waals surface area (Å²) in [5.41, 5.74) is 0. The fourth-order valence-corrected chi connectivity index (χ4v) is 5.34. The van der Waals surface area contributed by atoms with Crippen LogP contribution in [0.3, 0.4) is 0 Å². The fourth-order valence-electron chi connectivity index (χ4n) is 4.42. The first-order valence-corrected chi connectivity index (χ1v) is 10.5. The van der Waals surface area contributed by atoms with Gasteiger partial charge in [-0.2, -0.15) is 0 Å². The Kier molecular flexibility index (Phi) is 5.41. The van der Waals surface area contributed by atoms with Crippen LogP contribution in [0.4, 0.5) is 0 Å². The van der Waals surface area contributed by atoms with Crippen LogP contribution in [0.25, 0.3) is 0 Å². The lowest BCUT2D eigenvalue weighted by atomic mass is 10.1. The zero-order valence-corrected chi connectivity index (χ0v) is 15.9. The van der Waals surface area contributed by atoms with Crippen LogP contribution in [0.5, 0.6) is 0 Å². The van der Waals surface area contributed by atoms with E-state index < -0.39 is 0 Å². The molecule has 6 heteroatoms. The van der Waals surface area contributed by atoms with Crippen LogP contribution in [0, 0.1) is 6.92 Å². The van der Waals surface area contributed by atoms with Gasteiger partial charge in [-0.05, 0) is 51.4 Å². The monoisotopic (exact) mass is 363 g/mol. The molecule has 0 saturated carbocycles. The molecular formula is C19H29N3O2S. The number of nitrogens with one attached hydrogen (secondary N) is 1. The summed E-state index contributed by atoms with van der Waals surface area (Å²) in [6.45, 7) is 8.29. The lowest BCUT2D eigenvalue weighted by Gasteiger charge is -2.22. The quantitative estimate of drug-likeness (QED) is 0.840. The normalized spacial score (nSPS) is 30.0. The summed E-state index contributed by atoms with van der Waals surface area (Å²) in [6.07, 6.45) is 4.44. The largest absolute Gasteiger partial charge is 0.363 e. The molecule has 3 saturated heterocycles. The van der Waals surface area contributed by atoms with Crippen molar-refractivity contribution in [1.29, 1.82) is 0 Å². The number of ether oxygens (including phenoxy) is 1. The number of fused-ring (bicyclic) bond motifs is 1. The zero-order chi connectivity index (χ0) is 17.2. The van der Waals surface area contributed by atoms with Crippen molar-refractivity contribution in [2.24, 2.45) is 0 Å². The maximum absolute atomic E-state index is 12.4. The number of thiophene rings is 1. The molecule has 4 heterocycles. The van der Waals surface area contributed by atoms with E-state index in [4.69, 9.17) is 4.74 Å². The standard InChI is InChI=1S/C19H29N3O2S/c1-14-4-5-15(25-14)13-22-10-6-17-16(22)12-18(24-17)19(23)20-7-11-21-8-2-3-9-21/h4-5,16-18H,2-3,6-13H2,1H3,(H,20,23)/t16-,17-,18+/m0/s1. The Balaban J connectivity index is 1.24. The van der Waals surface area contributed by atoms with Gasteiger partial charge in [-0.25, -0.2) is 0 Å². The van der Waals surface area contributed by atoms with E-state index in [-0.39, 0.29) is 18.1 Å². The number of likely N-dealkylation sites (tertiary alicyclic amines) is 2. The highest BCUT2D eigenvalue weighted by Gasteiger charge is 2.45. The van der Waals surface area contributed by atoms with E-state index in [0.29, 0.717) is 6.04 Å². The van der Waals surface area contributed by atoms with Crippen molar-refractivity contribution in [1.82, 2.24) is 15.1 Å². The molecule has 0 aromatic carbocycles. The van der Waals surface area contributed by atoms with Crippen LogP contribution in [0.15, 0.2) is 12.1 Å². The van der Waals surface area contributed by atoms with Crippen molar-refractivity contribution in [2.45, 2.75) is 57.4 Å². The van der Waals surface area contributed by atoms with Gasteiger partial charge >= 0.3 is 0 Å². The van der Waals surface area contributed by atoms with Gasteiger partial charge in [0, 0.05) is 48.4 Å². The molecule has 0 aliphatic carbocycles. The van der Waals surface area contributed by atoms with Gasteiger partial charge in [0.1, 0.15) is 6.10 Å². The van der Waals surface area contributed by atoms with Gasteiger partial charge in [0.05, 0.1) is 6.10 Å². The van der Waals surface area contributed by atoms with Crippen molar-refractivity contribution in [3.8, 4) is 0 Å². The van der Waals surface area contributed by atoms with Gasteiger partial charge < -0.3 is 15.0 Å². The summed E-state index contributed by atoms with van der Waals surface area (Å²) in [5, 5.41) is 3.09. The third-order valence-electron chi connectivity index (χ3n) is 5.77. The smallest absolute Gasteiger partial charge is 0.249 e. The average molecular weight is 364 g/mol. The van der Waals surface area contributed by atoms with E-state index in [1.807, 2.05) is 11.3 Å². The molecule has 0 bridgehead atoms. The van der Waals surface area contributed by atoms with Gasteiger partial charge in [-0.15, -0.1) is 11.3 Å². The lowest BCUT2D eigenvalue weighted by molar-refractivity contribution is -0.132. The molecule has 4 rings (SSSR count). The molecule has 1 aromatic heterocycles. The number of rotatable bonds is 6. The molecule has 3 fully saturated rings. The minimum absolute atomic E-state index is 0.0838. The number of hydrogen-bond donors (Lipinski definition) is 1. The second-order valence-electron chi connectivity index (χ2n) is 7.58. The molecule has 3 atom stereocenters. The summed E-state index contributed by atoms with van der Waals surface area (Å²) in [4.78, 5) is 20.2. The molecule has 1 N–H and O–H groups in total. The minimum Gasteiger partial charge on any atom is -0.363 e. The molecular weight excluding hydrogens is 334 g/mol. The molecule has 1 aromatic rings. The van der Waals surface area contributed by atoms with Crippen LogP contribution >= 0.6 is 11.3 Å². The zero-order valence-electron chi connectivity index (χ0n) is 15.1. The Morgan fingerprint density at radius 1 is 1.32 bits per heavy atom. The van der Waals surface area contributed by atoms with Crippen molar-refractivity contribution in [3.63, 3.8) is 0 Å². The third-order valence-corrected chi connectivity index (χ3v) is 6.75. The maximum atomic E-state index is 12.4. The number of nitrogens with zero attached hydrogens (tertiary/aromatic N) is 2. The van der Waals surface area contributed by atoms with Crippen LogP contribution in [0.1, 0.15) is 35.4 Å². The van der Waals surface area contributed by atoms with Gasteiger partial charge in [0.2, 0.25) is 5.91 Å². The molecule has 1 amide bonds. The highest BCUT2D eigenvalue weighted by molar-refractivity contribution is 7.11. The Hall–Kier alpha value is -0.950. The van der Waals surface area contributed by atoms with Crippen molar-refractivity contribution in [2.75, 3.05) is 32.7 Å². The topological polar surface area (TPSA) is 44.8 Å². The first-order chi connectivity index (χ1) is 12.2. The van der Waals surface area contributed by atoms with E-state index in [9.17, 15) is 4.79 Å². The fraction of sp³-hybridized carbons (Fsp3) is 0.737. The first kappa shape index (κ1) is 17.5. The predicted octanol–water partition coefficient (Wildman–Crippen LogP) is 2.00. The molecule has 3 aliphatic rings. The van der Waals surface area contributed by atoms with E-state index in [2.05, 4.69) is 34.2 Å². The maximum Gasteiger partial charge on any atom is 0.249 e. The summed E-state index contributed by atoms with van der Waals surface area (Å²) in [5.74, 6) is 0.0838. The third kappa shape index (κ3) is 4.08. The van der Waals surface area contributed by atoms with Crippen LogP contribution < -0.4 is 5.32 Å². The summed E-state index contributed by atoms with van der Waals surface area (Å²) in [7, 11) is 0. The lowest BCUT2D eigenvalue weighted by Crippen LogP contribution is -2.40. The highest BCUT2D eigenvalue weighted by Crippen LogP contribution is 2.34. The first-order valence-electron chi connectivity index (χ1n) is 9.64. The Morgan fingerprint density at radius 3 is 2.92 bits per heavy atom. The van der Waals surface area contributed by atoms with E-state index >= 15 is 0 Å². The molecule has 0 radical (unpaired) electrons.